The van der Waals surface area contributed by atoms with E-state index in [4.69, 9.17) is 11.1 Å². The number of nitrogens with one attached hydrogen (secondary N) is 2. The van der Waals surface area contributed by atoms with Crippen molar-refractivity contribution in [3.8, 4) is 6.07 Å². The number of aromatic amines is 1. The van der Waals surface area contributed by atoms with Crippen molar-refractivity contribution >= 4 is 10.0 Å². The average molecular weight is 242 g/mol. The van der Waals surface area contributed by atoms with Gasteiger partial charge in [-0.05, 0) is 19.4 Å². The number of hydrogen-bond donors (Lipinski definition) is 3. The van der Waals surface area contributed by atoms with E-state index in [1.54, 1.807) is 10.9 Å². The van der Waals surface area contributed by atoms with Gasteiger partial charge in [-0.25, -0.2) is 8.42 Å². The lowest BCUT2D eigenvalue weighted by molar-refractivity contribution is 0.582. The second-order valence-electron chi connectivity index (χ2n) is 3.14. The molecule has 0 fully saturated rings. The Balaban J connectivity index is 3.81. The largest absolute Gasteiger partial charge is 0.324 e. The van der Waals surface area contributed by atoms with E-state index < -0.39 is 15.6 Å². The highest BCUT2D eigenvalue weighted by molar-refractivity contribution is 7.89. The van der Waals surface area contributed by atoms with Crippen LogP contribution in [0.25, 0.3) is 0 Å². The zero-order valence-electron chi connectivity index (χ0n) is 8.66. The quantitative estimate of drug-likeness (QED) is 0.453. The number of H-pyrrole nitrogens is 1. The molecule has 0 bridgehead atoms. The van der Waals surface area contributed by atoms with E-state index in [-0.39, 0.29) is 21.7 Å². The van der Waals surface area contributed by atoms with Crippen LogP contribution in [0.5, 0.6) is 0 Å². The predicted octanol–water partition coefficient (Wildman–Crippen LogP) is -0.985. The molecule has 0 radical (unpaired) electrons. The first kappa shape index (κ1) is 12.4. The van der Waals surface area contributed by atoms with Crippen molar-refractivity contribution in [2.45, 2.75) is 18.7 Å². The van der Waals surface area contributed by atoms with E-state index in [9.17, 15) is 13.2 Å². The van der Waals surface area contributed by atoms with E-state index in [0.717, 1.165) is 0 Å². The maximum atomic E-state index is 11.6. The number of aryl methyl sites for hydroxylation is 1. The monoisotopic (exact) mass is 242 g/mol. The molecule has 0 spiro atoms. The number of hydrogen-bond acceptors (Lipinski definition) is 5. The standard InChI is InChI=1S/C8H10N4O3S/c1-4-6(3-9)8(13)11-5(2)7(4)16(14,15)12-10/h12H,10H2,1-2H3,(H,11,13). The first-order valence-corrected chi connectivity index (χ1v) is 5.69. The smallest absolute Gasteiger partial charge is 0.266 e. The number of pyridine rings is 1. The minimum atomic E-state index is -3.90. The summed E-state index contributed by atoms with van der Waals surface area (Å²) in [5, 5.41) is 8.74. The van der Waals surface area contributed by atoms with Gasteiger partial charge >= 0.3 is 0 Å². The zero-order valence-corrected chi connectivity index (χ0v) is 9.47. The highest BCUT2D eigenvalue weighted by Gasteiger charge is 2.22. The van der Waals surface area contributed by atoms with Crippen LogP contribution in [0, 0.1) is 25.2 Å². The van der Waals surface area contributed by atoms with Crippen molar-refractivity contribution in [1.29, 1.82) is 5.26 Å². The van der Waals surface area contributed by atoms with Gasteiger partial charge in [0.25, 0.3) is 15.6 Å². The molecule has 0 aromatic carbocycles. The Morgan fingerprint density at radius 3 is 2.44 bits per heavy atom. The van der Waals surface area contributed by atoms with Gasteiger partial charge in [-0.1, -0.05) is 0 Å². The van der Waals surface area contributed by atoms with Crippen LogP contribution >= 0.6 is 0 Å². The Bertz CT molecular complexity index is 624. The van der Waals surface area contributed by atoms with Gasteiger partial charge in [-0.2, -0.15) is 5.26 Å². The van der Waals surface area contributed by atoms with E-state index in [1.807, 2.05) is 0 Å². The van der Waals surface area contributed by atoms with Gasteiger partial charge in [0.2, 0.25) is 0 Å². The van der Waals surface area contributed by atoms with Crippen molar-refractivity contribution < 1.29 is 8.42 Å². The summed E-state index contributed by atoms with van der Waals surface area (Å²) in [5.41, 5.74) is -0.631. The first-order valence-electron chi connectivity index (χ1n) is 4.21. The zero-order chi connectivity index (χ0) is 12.5. The fourth-order valence-corrected chi connectivity index (χ4v) is 2.53. The number of hydrazine groups is 1. The van der Waals surface area contributed by atoms with E-state index in [2.05, 4.69) is 4.98 Å². The number of rotatable bonds is 2. The molecule has 0 saturated heterocycles. The molecule has 0 aliphatic rings. The Morgan fingerprint density at radius 2 is 2.00 bits per heavy atom. The molecule has 7 nitrogen and oxygen atoms in total. The number of aromatic nitrogens is 1. The topological polar surface area (TPSA) is 129 Å². The Morgan fingerprint density at radius 1 is 1.44 bits per heavy atom. The summed E-state index contributed by atoms with van der Waals surface area (Å²) in [4.78, 5) is 15.1. The van der Waals surface area contributed by atoms with Gasteiger partial charge < -0.3 is 4.98 Å². The summed E-state index contributed by atoms with van der Waals surface area (Å²) >= 11 is 0. The fraction of sp³-hybridized carbons (Fsp3) is 0.250. The average Bonchev–Trinajstić information content (AvgIpc) is 2.17. The van der Waals surface area contributed by atoms with Crippen LogP contribution in [0.2, 0.25) is 0 Å². The summed E-state index contributed by atoms with van der Waals surface area (Å²) in [5.74, 6) is 4.89. The van der Waals surface area contributed by atoms with Crippen LogP contribution in [-0.2, 0) is 10.0 Å². The summed E-state index contributed by atoms with van der Waals surface area (Å²) in [6.07, 6.45) is 0. The van der Waals surface area contributed by atoms with Crippen LogP contribution in [0.15, 0.2) is 9.69 Å². The molecule has 0 unspecified atom stereocenters. The summed E-state index contributed by atoms with van der Waals surface area (Å²) in [6.45, 7) is 2.80. The maximum Gasteiger partial charge on any atom is 0.266 e. The van der Waals surface area contributed by atoms with Gasteiger partial charge in [-0.15, -0.1) is 4.83 Å². The van der Waals surface area contributed by atoms with Crippen molar-refractivity contribution in [1.82, 2.24) is 9.82 Å². The van der Waals surface area contributed by atoms with Gasteiger partial charge in [0.1, 0.15) is 16.5 Å². The molecule has 1 aromatic heterocycles. The third-order valence-corrected chi connectivity index (χ3v) is 3.58. The molecule has 1 heterocycles. The lowest BCUT2D eigenvalue weighted by Gasteiger charge is -2.09. The molecule has 8 heteroatoms. The molecule has 4 N–H and O–H groups in total. The molecular weight excluding hydrogens is 232 g/mol. The third kappa shape index (κ3) is 1.83. The van der Waals surface area contributed by atoms with Gasteiger partial charge in [-0.3, -0.25) is 10.6 Å². The van der Waals surface area contributed by atoms with E-state index in [0.29, 0.717) is 0 Å². The second-order valence-corrected chi connectivity index (χ2v) is 4.79. The lowest BCUT2D eigenvalue weighted by atomic mass is 10.1. The maximum absolute atomic E-state index is 11.6. The number of nitriles is 1. The lowest BCUT2D eigenvalue weighted by Crippen LogP contribution is -2.33. The molecule has 0 amide bonds. The van der Waals surface area contributed by atoms with Gasteiger partial charge in [0.15, 0.2) is 0 Å². The Hall–Kier alpha value is -1.69. The van der Waals surface area contributed by atoms with E-state index >= 15 is 0 Å². The minimum absolute atomic E-state index is 0.0849. The number of nitrogens with zero attached hydrogens (tertiary/aromatic N) is 1. The summed E-state index contributed by atoms with van der Waals surface area (Å²) in [7, 11) is -3.90. The molecule has 16 heavy (non-hydrogen) atoms. The Labute approximate surface area is 91.9 Å². The molecule has 0 aliphatic carbocycles. The van der Waals surface area contributed by atoms with Gasteiger partial charge in [0, 0.05) is 5.69 Å². The molecule has 0 saturated carbocycles. The first-order chi connectivity index (χ1) is 7.35. The van der Waals surface area contributed by atoms with Crippen LogP contribution in [-0.4, -0.2) is 13.4 Å². The molecule has 1 rings (SSSR count). The highest BCUT2D eigenvalue weighted by Crippen LogP contribution is 2.17. The molecule has 86 valence electrons. The summed E-state index contributed by atoms with van der Waals surface area (Å²) in [6, 6.07) is 1.65. The van der Waals surface area contributed by atoms with Crippen molar-refractivity contribution in [2.75, 3.05) is 0 Å². The van der Waals surface area contributed by atoms with Crippen molar-refractivity contribution in [3.63, 3.8) is 0 Å². The van der Waals surface area contributed by atoms with Crippen LogP contribution in [0.1, 0.15) is 16.8 Å². The molecule has 0 aliphatic heterocycles. The number of sulfonamides is 1. The Kier molecular flexibility index (Phi) is 3.14. The molecule has 1 aromatic rings. The number of nitrogens with two attached hydrogens (primary N) is 1. The van der Waals surface area contributed by atoms with Crippen molar-refractivity contribution in [3.05, 3.63) is 27.2 Å². The van der Waals surface area contributed by atoms with E-state index in [1.165, 1.54) is 13.8 Å². The van der Waals surface area contributed by atoms with Crippen LogP contribution in [0.4, 0.5) is 0 Å². The fourth-order valence-electron chi connectivity index (χ4n) is 1.45. The SMILES string of the molecule is Cc1[nH]c(=O)c(C#N)c(C)c1S(=O)(=O)NN. The second kappa shape index (κ2) is 4.05. The highest BCUT2D eigenvalue weighted by atomic mass is 32.2. The van der Waals surface area contributed by atoms with Crippen LogP contribution < -0.4 is 16.2 Å². The summed E-state index contributed by atoms with van der Waals surface area (Å²) < 4.78 is 23.1. The molecular formula is C8H10N4O3S. The minimum Gasteiger partial charge on any atom is -0.324 e. The van der Waals surface area contributed by atoms with Gasteiger partial charge in [0.05, 0.1) is 0 Å². The molecule has 0 atom stereocenters. The van der Waals surface area contributed by atoms with Crippen molar-refractivity contribution in [2.24, 2.45) is 5.84 Å². The predicted molar refractivity (Wildman–Crippen MR) is 55.8 cm³/mol. The van der Waals surface area contributed by atoms with Crippen LogP contribution in [0.3, 0.4) is 0 Å². The normalized spacial score (nSPS) is 11.1. The third-order valence-electron chi connectivity index (χ3n) is 2.12.